The minimum atomic E-state index is -4.37. The van der Waals surface area contributed by atoms with E-state index in [0.717, 1.165) is 0 Å². The summed E-state index contributed by atoms with van der Waals surface area (Å²) in [6.45, 7) is -1.39. The summed E-state index contributed by atoms with van der Waals surface area (Å²) < 4.78 is 43.6. The van der Waals surface area contributed by atoms with Crippen molar-refractivity contribution in [3.05, 3.63) is 11.8 Å². The monoisotopic (exact) mass is 215 g/mol. The molecule has 0 bridgehead atoms. The molecule has 0 fully saturated rings. The summed E-state index contributed by atoms with van der Waals surface area (Å²) in [6, 6.07) is 1.21. The van der Waals surface area contributed by atoms with E-state index in [1.807, 2.05) is 0 Å². The maximum Gasteiger partial charge on any atom is 0.422 e. The molecule has 0 aromatic carbocycles. The van der Waals surface area contributed by atoms with Crippen LogP contribution in [0.3, 0.4) is 0 Å². The van der Waals surface area contributed by atoms with E-state index in [1.54, 1.807) is 0 Å². The minimum Gasteiger partial charge on any atom is -0.466 e. The zero-order chi connectivity index (χ0) is 9.90. The topological polar surface area (TPSA) is 35.3 Å². The normalized spacial score (nSPS) is 11.7. The predicted molar refractivity (Wildman–Crippen MR) is 37.6 cm³/mol. The predicted octanol–water partition coefficient (Wildman–Crippen LogP) is 2.35. The van der Waals surface area contributed by atoms with Gasteiger partial charge in [0.15, 0.2) is 12.4 Å². The van der Waals surface area contributed by atoms with E-state index in [2.05, 4.69) is 14.4 Å². The molecule has 3 nitrogen and oxygen atoms in total. The fourth-order valence-corrected chi connectivity index (χ4v) is 0.707. The van der Waals surface area contributed by atoms with Crippen LogP contribution >= 0.6 is 11.6 Å². The molecule has 7 heteroatoms. The first-order chi connectivity index (χ1) is 6.01. The number of hydrogen-bond donors (Lipinski definition) is 0. The van der Waals surface area contributed by atoms with Crippen molar-refractivity contribution in [3.8, 4) is 5.88 Å². The lowest BCUT2D eigenvalue weighted by atomic mass is 10.5. The number of ether oxygens (including phenoxy) is 1. The van der Waals surface area contributed by atoms with E-state index in [4.69, 9.17) is 11.6 Å². The van der Waals surface area contributed by atoms with Crippen LogP contribution in [0, 0.1) is 0 Å². The van der Waals surface area contributed by atoms with Crippen molar-refractivity contribution in [2.75, 3.05) is 6.61 Å². The average molecular weight is 216 g/mol. The van der Waals surface area contributed by atoms with Crippen molar-refractivity contribution >= 4 is 11.6 Å². The van der Waals surface area contributed by atoms with Crippen molar-refractivity contribution in [1.29, 1.82) is 0 Å². The molecule has 0 radical (unpaired) electrons. The van der Waals surface area contributed by atoms with Gasteiger partial charge >= 0.3 is 6.18 Å². The Labute approximate surface area is 76.4 Å². The standard InChI is InChI=1S/C6H5ClF3NO2/c7-2-4-1-5(11-13-4)12-3-6(8,9)10/h1H,2-3H2. The van der Waals surface area contributed by atoms with Gasteiger partial charge in [-0.25, -0.2) is 0 Å². The fraction of sp³-hybridized carbons (Fsp3) is 0.500. The molecule has 0 amide bonds. The lowest BCUT2D eigenvalue weighted by Gasteiger charge is -2.04. The molecule has 74 valence electrons. The SMILES string of the molecule is FC(F)(F)COc1cc(CCl)on1. The van der Waals surface area contributed by atoms with Crippen LogP contribution in [-0.4, -0.2) is 17.9 Å². The summed E-state index contributed by atoms with van der Waals surface area (Å²) in [6.07, 6.45) is -4.37. The van der Waals surface area contributed by atoms with Crippen LogP contribution in [0.1, 0.15) is 5.76 Å². The molecular formula is C6H5ClF3NO2. The second-order valence-electron chi connectivity index (χ2n) is 2.17. The summed E-state index contributed by atoms with van der Waals surface area (Å²) in [5.41, 5.74) is 0. The second kappa shape index (κ2) is 3.87. The summed E-state index contributed by atoms with van der Waals surface area (Å²) in [5, 5.41) is 3.21. The summed E-state index contributed by atoms with van der Waals surface area (Å²) in [4.78, 5) is 0. The third-order valence-electron chi connectivity index (χ3n) is 1.05. The molecule has 0 N–H and O–H groups in total. The largest absolute Gasteiger partial charge is 0.466 e. The highest BCUT2D eigenvalue weighted by atomic mass is 35.5. The van der Waals surface area contributed by atoms with Gasteiger partial charge in [-0.3, -0.25) is 0 Å². The van der Waals surface area contributed by atoms with Crippen molar-refractivity contribution in [1.82, 2.24) is 5.16 Å². The Kier molecular flexibility index (Phi) is 3.02. The van der Waals surface area contributed by atoms with Gasteiger partial charge in [-0.2, -0.15) is 13.2 Å². The van der Waals surface area contributed by atoms with E-state index >= 15 is 0 Å². The number of halogens is 4. The Hall–Kier alpha value is -0.910. The van der Waals surface area contributed by atoms with Crippen molar-refractivity contribution in [3.63, 3.8) is 0 Å². The molecule has 0 aliphatic heterocycles. The van der Waals surface area contributed by atoms with Crippen LogP contribution in [0.2, 0.25) is 0 Å². The Bertz CT molecular complexity index is 273. The molecule has 0 atom stereocenters. The molecule has 0 aliphatic carbocycles. The highest BCUT2D eigenvalue weighted by molar-refractivity contribution is 6.16. The summed E-state index contributed by atoms with van der Waals surface area (Å²) >= 11 is 5.32. The lowest BCUT2D eigenvalue weighted by Crippen LogP contribution is -2.19. The number of aromatic nitrogens is 1. The van der Waals surface area contributed by atoms with Gasteiger partial charge in [0.2, 0.25) is 0 Å². The molecule has 1 heterocycles. The molecule has 1 aromatic rings. The molecular weight excluding hydrogens is 211 g/mol. The van der Waals surface area contributed by atoms with Crippen molar-refractivity contribution in [2.24, 2.45) is 0 Å². The van der Waals surface area contributed by atoms with Gasteiger partial charge in [0.1, 0.15) is 0 Å². The first-order valence-electron chi connectivity index (χ1n) is 3.22. The Morgan fingerprint density at radius 2 is 2.23 bits per heavy atom. The van der Waals surface area contributed by atoms with Crippen LogP contribution < -0.4 is 4.74 Å². The van der Waals surface area contributed by atoms with E-state index < -0.39 is 12.8 Å². The molecule has 0 spiro atoms. The van der Waals surface area contributed by atoms with Gasteiger partial charge in [0, 0.05) is 6.07 Å². The highest BCUT2D eigenvalue weighted by Gasteiger charge is 2.28. The molecule has 0 aliphatic rings. The lowest BCUT2D eigenvalue weighted by molar-refractivity contribution is -0.154. The van der Waals surface area contributed by atoms with Gasteiger partial charge in [-0.15, -0.1) is 11.6 Å². The third-order valence-corrected chi connectivity index (χ3v) is 1.32. The minimum absolute atomic E-state index is 0.0440. The van der Waals surface area contributed by atoms with Crippen molar-refractivity contribution < 1.29 is 22.4 Å². The van der Waals surface area contributed by atoms with Crippen LogP contribution in [0.25, 0.3) is 0 Å². The van der Waals surface area contributed by atoms with E-state index in [0.29, 0.717) is 0 Å². The van der Waals surface area contributed by atoms with E-state index in [-0.39, 0.29) is 17.5 Å². The molecule has 0 saturated heterocycles. The summed E-state index contributed by atoms with van der Waals surface area (Å²) in [5.74, 6) is 0.0920. The number of nitrogens with zero attached hydrogens (tertiary/aromatic N) is 1. The summed E-state index contributed by atoms with van der Waals surface area (Å²) in [7, 11) is 0. The molecule has 13 heavy (non-hydrogen) atoms. The zero-order valence-corrected chi connectivity index (χ0v) is 7.02. The number of rotatable bonds is 3. The van der Waals surface area contributed by atoms with Gasteiger partial charge in [0.25, 0.3) is 5.88 Å². The second-order valence-corrected chi connectivity index (χ2v) is 2.44. The molecule has 0 unspecified atom stereocenters. The van der Waals surface area contributed by atoms with Crippen LogP contribution in [0.4, 0.5) is 13.2 Å². The molecule has 1 rings (SSSR count). The van der Waals surface area contributed by atoms with Gasteiger partial charge in [0.05, 0.1) is 5.88 Å². The van der Waals surface area contributed by atoms with Gasteiger partial charge in [-0.05, 0) is 5.16 Å². The van der Waals surface area contributed by atoms with Crippen molar-refractivity contribution in [2.45, 2.75) is 12.1 Å². The number of alkyl halides is 4. The van der Waals surface area contributed by atoms with Crippen LogP contribution in [0.15, 0.2) is 10.6 Å². The van der Waals surface area contributed by atoms with Gasteiger partial charge < -0.3 is 9.26 Å². The first kappa shape index (κ1) is 10.2. The maximum absolute atomic E-state index is 11.6. The Morgan fingerprint density at radius 3 is 2.69 bits per heavy atom. The molecule has 0 saturated carbocycles. The fourth-order valence-electron chi connectivity index (χ4n) is 0.581. The van der Waals surface area contributed by atoms with E-state index in [1.165, 1.54) is 6.07 Å². The smallest absolute Gasteiger partial charge is 0.422 e. The van der Waals surface area contributed by atoms with E-state index in [9.17, 15) is 13.2 Å². The Morgan fingerprint density at radius 1 is 1.54 bits per heavy atom. The number of hydrogen-bond acceptors (Lipinski definition) is 3. The zero-order valence-electron chi connectivity index (χ0n) is 6.27. The maximum atomic E-state index is 11.6. The Balaban J connectivity index is 2.46. The van der Waals surface area contributed by atoms with Gasteiger partial charge in [-0.1, -0.05) is 0 Å². The quantitative estimate of drug-likeness (QED) is 0.726. The average Bonchev–Trinajstić information content (AvgIpc) is 2.47. The van der Waals surface area contributed by atoms with Crippen LogP contribution in [0.5, 0.6) is 5.88 Å². The first-order valence-corrected chi connectivity index (χ1v) is 3.76. The molecule has 1 aromatic heterocycles. The highest BCUT2D eigenvalue weighted by Crippen LogP contribution is 2.18. The third kappa shape index (κ3) is 3.54. The van der Waals surface area contributed by atoms with Crippen LogP contribution in [-0.2, 0) is 5.88 Å².